The Bertz CT molecular complexity index is 364. The van der Waals surface area contributed by atoms with Gasteiger partial charge in [0, 0.05) is 6.42 Å². The van der Waals surface area contributed by atoms with Crippen molar-refractivity contribution in [3.8, 4) is 0 Å². The SMILES string of the molecule is CC(C)(C)OC(=O)CCC(P(=O)(O)O)P(=O)(O)O. The number of hydrogen-bond donors (Lipinski definition) is 4. The number of hydrogen-bond acceptors (Lipinski definition) is 4. The molecular formula is C8H18O8P2. The predicted molar refractivity (Wildman–Crippen MR) is 63.0 cm³/mol. The molecule has 0 heterocycles. The van der Waals surface area contributed by atoms with Crippen LogP contribution in [0.1, 0.15) is 33.6 Å². The summed E-state index contributed by atoms with van der Waals surface area (Å²) in [6.07, 6.45) is -1.11. The maximum Gasteiger partial charge on any atom is 0.340 e. The van der Waals surface area contributed by atoms with Crippen LogP contribution >= 0.6 is 15.2 Å². The van der Waals surface area contributed by atoms with Crippen LogP contribution in [0.3, 0.4) is 0 Å². The van der Waals surface area contributed by atoms with Crippen molar-refractivity contribution in [2.45, 2.75) is 44.6 Å². The average Bonchev–Trinajstić information content (AvgIpc) is 1.93. The lowest BCUT2D eigenvalue weighted by atomic mass is 10.2. The smallest absolute Gasteiger partial charge is 0.340 e. The lowest BCUT2D eigenvalue weighted by molar-refractivity contribution is -0.154. The van der Waals surface area contributed by atoms with Crippen LogP contribution in [0.4, 0.5) is 0 Å². The zero-order chi connectivity index (χ0) is 14.8. The first-order chi connectivity index (χ1) is 7.73. The molecule has 108 valence electrons. The summed E-state index contributed by atoms with van der Waals surface area (Å²) < 4.78 is 26.7. The summed E-state index contributed by atoms with van der Waals surface area (Å²) >= 11 is 0. The van der Waals surface area contributed by atoms with Crippen molar-refractivity contribution in [2.75, 3.05) is 0 Å². The summed E-state index contributed by atoms with van der Waals surface area (Å²) in [5, 5.41) is -2.17. The summed E-state index contributed by atoms with van der Waals surface area (Å²) in [6.45, 7) is 4.82. The van der Waals surface area contributed by atoms with Crippen LogP contribution in [-0.4, -0.2) is 36.5 Å². The van der Waals surface area contributed by atoms with Crippen LogP contribution in [0, 0.1) is 0 Å². The van der Waals surface area contributed by atoms with Crippen molar-refractivity contribution in [1.82, 2.24) is 0 Å². The van der Waals surface area contributed by atoms with E-state index in [1.165, 1.54) is 0 Å². The van der Waals surface area contributed by atoms with Gasteiger partial charge in [0.15, 0.2) is 5.40 Å². The summed E-state index contributed by atoms with van der Waals surface area (Å²) in [6, 6.07) is 0. The van der Waals surface area contributed by atoms with E-state index in [9.17, 15) is 13.9 Å². The van der Waals surface area contributed by atoms with Gasteiger partial charge >= 0.3 is 21.2 Å². The van der Waals surface area contributed by atoms with Crippen molar-refractivity contribution in [1.29, 1.82) is 0 Å². The third-order valence-electron chi connectivity index (χ3n) is 1.80. The normalized spacial score (nSPS) is 13.8. The van der Waals surface area contributed by atoms with E-state index in [1.54, 1.807) is 20.8 Å². The molecule has 0 aromatic heterocycles. The van der Waals surface area contributed by atoms with Gasteiger partial charge in [0.25, 0.3) is 0 Å². The Hall–Kier alpha value is -0.230. The fourth-order valence-electron chi connectivity index (χ4n) is 1.17. The maximum absolute atomic E-state index is 11.3. The third kappa shape index (κ3) is 7.26. The van der Waals surface area contributed by atoms with Crippen molar-refractivity contribution >= 4 is 21.2 Å². The van der Waals surface area contributed by atoms with Gasteiger partial charge in [0.2, 0.25) is 0 Å². The van der Waals surface area contributed by atoms with Crippen LogP contribution in [0.2, 0.25) is 0 Å². The molecule has 0 fully saturated rings. The molecule has 0 rings (SSSR count). The average molecular weight is 304 g/mol. The standard InChI is InChI=1S/C8H18O8P2/c1-8(2,3)16-6(9)4-5-7(17(10,11)12)18(13,14)15/h7H,4-5H2,1-3H3,(H2,10,11,12)(H2,13,14,15). The van der Waals surface area contributed by atoms with E-state index in [-0.39, 0.29) is 0 Å². The molecule has 0 amide bonds. The second-order valence-corrected chi connectivity index (χ2v) is 8.79. The molecule has 0 atom stereocenters. The van der Waals surface area contributed by atoms with Gasteiger partial charge in [-0.25, -0.2) is 0 Å². The van der Waals surface area contributed by atoms with E-state index in [2.05, 4.69) is 0 Å². The topological polar surface area (TPSA) is 141 Å². The Morgan fingerprint density at radius 1 is 1.11 bits per heavy atom. The van der Waals surface area contributed by atoms with E-state index in [0.29, 0.717) is 0 Å². The fraction of sp³-hybridized carbons (Fsp3) is 0.875. The first kappa shape index (κ1) is 17.8. The fourth-order valence-corrected chi connectivity index (χ4v) is 3.67. The molecule has 0 saturated carbocycles. The quantitative estimate of drug-likeness (QED) is 0.431. The van der Waals surface area contributed by atoms with Crippen LogP contribution < -0.4 is 0 Å². The molecule has 0 aliphatic carbocycles. The molecule has 4 N–H and O–H groups in total. The summed E-state index contributed by atoms with van der Waals surface area (Å²) in [5.74, 6) is -0.769. The molecule has 0 spiro atoms. The van der Waals surface area contributed by atoms with Gasteiger partial charge in [-0.3, -0.25) is 13.9 Å². The van der Waals surface area contributed by atoms with Crippen LogP contribution in [-0.2, 0) is 18.7 Å². The second kappa shape index (κ2) is 5.82. The van der Waals surface area contributed by atoms with Crippen molar-refractivity contribution in [3.05, 3.63) is 0 Å². The molecular weight excluding hydrogens is 286 g/mol. The summed E-state index contributed by atoms with van der Waals surface area (Å²) in [7, 11) is -9.95. The first-order valence-electron chi connectivity index (χ1n) is 5.06. The highest BCUT2D eigenvalue weighted by Gasteiger charge is 2.43. The van der Waals surface area contributed by atoms with Gasteiger partial charge in [-0.15, -0.1) is 0 Å². The van der Waals surface area contributed by atoms with Gasteiger partial charge in [-0.1, -0.05) is 0 Å². The monoisotopic (exact) mass is 304 g/mol. The van der Waals surface area contributed by atoms with Gasteiger partial charge in [0.1, 0.15) is 5.60 Å². The van der Waals surface area contributed by atoms with Gasteiger partial charge in [-0.05, 0) is 27.2 Å². The molecule has 10 heteroatoms. The van der Waals surface area contributed by atoms with E-state index < -0.39 is 45.0 Å². The largest absolute Gasteiger partial charge is 0.460 e. The Labute approximate surface area is 105 Å². The molecule has 0 saturated heterocycles. The lowest BCUT2D eigenvalue weighted by Gasteiger charge is -2.22. The van der Waals surface area contributed by atoms with Crippen LogP contribution in [0.5, 0.6) is 0 Å². The van der Waals surface area contributed by atoms with Crippen LogP contribution in [0.25, 0.3) is 0 Å². The molecule has 8 nitrogen and oxygen atoms in total. The molecule has 0 aromatic carbocycles. The van der Waals surface area contributed by atoms with Gasteiger partial charge in [0.05, 0.1) is 0 Å². The Morgan fingerprint density at radius 2 is 1.50 bits per heavy atom. The molecule has 0 unspecified atom stereocenters. The van der Waals surface area contributed by atoms with E-state index in [0.717, 1.165) is 0 Å². The summed E-state index contributed by atoms with van der Waals surface area (Å²) in [5.41, 5.74) is -0.767. The van der Waals surface area contributed by atoms with E-state index in [1.807, 2.05) is 0 Å². The van der Waals surface area contributed by atoms with Crippen LogP contribution in [0.15, 0.2) is 0 Å². The van der Waals surface area contributed by atoms with Gasteiger partial charge < -0.3 is 24.3 Å². The predicted octanol–water partition coefficient (Wildman–Crippen LogP) is 0.790. The minimum absolute atomic E-state index is 0.474. The molecule has 0 radical (unpaired) electrons. The molecule has 0 bridgehead atoms. The Balaban J connectivity index is 4.63. The summed E-state index contributed by atoms with van der Waals surface area (Å²) in [4.78, 5) is 46.6. The number of carbonyl (C=O) groups is 1. The Kier molecular flexibility index (Phi) is 5.75. The highest BCUT2D eigenvalue weighted by molar-refractivity contribution is 7.70. The zero-order valence-electron chi connectivity index (χ0n) is 10.3. The maximum atomic E-state index is 11.3. The molecule has 0 aliphatic rings. The van der Waals surface area contributed by atoms with Crippen molar-refractivity contribution < 1.29 is 38.2 Å². The highest BCUT2D eigenvalue weighted by Crippen LogP contribution is 2.61. The minimum Gasteiger partial charge on any atom is -0.460 e. The van der Waals surface area contributed by atoms with Crippen molar-refractivity contribution in [2.24, 2.45) is 0 Å². The lowest BCUT2D eigenvalue weighted by Crippen LogP contribution is -2.24. The molecule has 0 aliphatic heterocycles. The molecule has 0 aromatic rings. The Morgan fingerprint density at radius 3 is 1.78 bits per heavy atom. The first-order valence-corrected chi connectivity index (χ1v) is 8.42. The number of ether oxygens (including phenoxy) is 1. The van der Waals surface area contributed by atoms with Crippen molar-refractivity contribution in [3.63, 3.8) is 0 Å². The minimum atomic E-state index is -4.98. The third-order valence-corrected chi connectivity index (χ3v) is 5.68. The number of rotatable bonds is 5. The number of esters is 1. The van der Waals surface area contributed by atoms with E-state index >= 15 is 0 Å². The molecule has 18 heavy (non-hydrogen) atoms. The van der Waals surface area contributed by atoms with Gasteiger partial charge in [-0.2, -0.15) is 0 Å². The number of carbonyl (C=O) groups excluding carboxylic acids is 1. The second-order valence-electron chi connectivity index (χ2n) is 4.78. The zero-order valence-corrected chi connectivity index (χ0v) is 12.1. The van der Waals surface area contributed by atoms with E-state index in [4.69, 9.17) is 24.3 Å². The highest BCUT2D eigenvalue weighted by atomic mass is 31.2.